The number of carbonyl (C=O) groups is 1. The van der Waals surface area contributed by atoms with Crippen molar-refractivity contribution in [2.24, 2.45) is 10.2 Å². The summed E-state index contributed by atoms with van der Waals surface area (Å²) in [6.45, 7) is 2.47. The van der Waals surface area contributed by atoms with Crippen LogP contribution < -0.4 is 14.8 Å². The minimum Gasteiger partial charge on any atom is -0.493 e. The Labute approximate surface area is 121 Å². The van der Waals surface area contributed by atoms with Crippen molar-refractivity contribution >= 4 is 29.1 Å². The molecule has 0 unspecified atom stereocenters. The highest BCUT2D eigenvalue weighted by Crippen LogP contribution is 2.27. The number of carbonyl (C=O) groups excluding carboxylic acids is 1. The average Bonchev–Trinajstić information content (AvgIpc) is 2.85. The van der Waals surface area contributed by atoms with Gasteiger partial charge in [0.1, 0.15) is 0 Å². The van der Waals surface area contributed by atoms with E-state index < -0.39 is 0 Å². The fourth-order valence-corrected chi connectivity index (χ4v) is 2.20. The highest BCUT2D eigenvalue weighted by molar-refractivity contribution is 8.15. The monoisotopic (exact) mass is 293 g/mol. The zero-order valence-corrected chi connectivity index (χ0v) is 12.1. The van der Waals surface area contributed by atoms with Gasteiger partial charge < -0.3 is 14.8 Å². The summed E-state index contributed by atoms with van der Waals surface area (Å²) in [6, 6.07) is 5.49. The molecule has 7 heteroatoms. The maximum Gasteiger partial charge on any atom is 0.236 e. The van der Waals surface area contributed by atoms with Crippen molar-refractivity contribution in [3.05, 3.63) is 23.8 Å². The second-order valence-electron chi connectivity index (χ2n) is 3.83. The smallest absolute Gasteiger partial charge is 0.236 e. The predicted octanol–water partition coefficient (Wildman–Crippen LogP) is 1.65. The number of methoxy groups -OCH3 is 1. The Morgan fingerprint density at radius 3 is 2.95 bits per heavy atom. The molecule has 1 aromatic rings. The number of thioether (sulfide) groups is 1. The summed E-state index contributed by atoms with van der Waals surface area (Å²) in [4.78, 5) is 11.0. The van der Waals surface area contributed by atoms with Gasteiger partial charge in [-0.15, -0.1) is 5.10 Å². The van der Waals surface area contributed by atoms with Gasteiger partial charge in [-0.25, -0.2) is 0 Å². The molecule has 0 saturated carbocycles. The third kappa shape index (κ3) is 3.74. The van der Waals surface area contributed by atoms with Gasteiger partial charge in [0.05, 0.1) is 25.7 Å². The Morgan fingerprint density at radius 1 is 1.45 bits per heavy atom. The van der Waals surface area contributed by atoms with E-state index in [-0.39, 0.29) is 5.91 Å². The highest BCUT2D eigenvalue weighted by atomic mass is 32.2. The number of amides is 1. The number of nitrogens with zero attached hydrogens (tertiary/aromatic N) is 2. The Morgan fingerprint density at radius 2 is 2.30 bits per heavy atom. The predicted molar refractivity (Wildman–Crippen MR) is 79.8 cm³/mol. The highest BCUT2D eigenvalue weighted by Gasteiger charge is 2.15. The molecule has 0 aliphatic carbocycles. The molecule has 0 radical (unpaired) electrons. The number of rotatable bonds is 5. The molecule has 1 N–H and O–H groups in total. The maximum absolute atomic E-state index is 11.0. The minimum absolute atomic E-state index is 0.0490. The summed E-state index contributed by atoms with van der Waals surface area (Å²) in [5.41, 5.74) is 0.841. The Hall–Kier alpha value is -2.02. The first kappa shape index (κ1) is 14.4. The second-order valence-corrected chi connectivity index (χ2v) is 4.79. The molecular weight excluding hydrogens is 278 g/mol. The summed E-state index contributed by atoms with van der Waals surface area (Å²) in [6.07, 6.45) is 1.60. The average molecular weight is 293 g/mol. The summed E-state index contributed by atoms with van der Waals surface area (Å²) in [5, 5.41) is 11.0. The van der Waals surface area contributed by atoms with E-state index in [4.69, 9.17) is 9.47 Å². The molecule has 6 nitrogen and oxygen atoms in total. The molecule has 106 valence electrons. The standard InChI is InChI=1S/C13H15N3O3S/c1-3-19-11-6-9(4-5-10(11)18-2)7-14-16-13-15-12(17)8-20-13/h4-7H,3,8H2,1-2H3,(H,15,16,17)/b14-7-. The number of hydrogen-bond acceptors (Lipinski definition) is 6. The van der Waals surface area contributed by atoms with Crippen molar-refractivity contribution in [2.45, 2.75) is 6.92 Å². The van der Waals surface area contributed by atoms with Crippen LogP contribution in [0.2, 0.25) is 0 Å². The van der Waals surface area contributed by atoms with Crippen LogP contribution in [0.4, 0.5) is 0 Å². The van der Waals surface area contributed by atoms with E-state index >= 15 is 0 Å². The molecule has 1 amide bonds. The van der Waals surface area contributed by atoms with E-state index in [1.54, 1.807) is 13.3 Å². The molecule has 1 aromatic carbocycles. The zero-order valence-electron chi connectivity index (χ0n) is 11.3. The van der Waals surface area contributed by atoms with Crippen LogP contribution in [0.1, 0.15) is 12.5 Å². The molecule has 20 heavy (non-hydrogen) atoms. The van der Waals surface area contributed by atoms with Crippen LogP contribution in [0.5, 0.6) is 11.5 Å². The fourth-order valence-electron chi connectivity index (χ4n) is 1.57. The second kappa shape index (κ2) is 6.95. The third-order valence-electron chi connectivity index (χ3n) is 2.43. The minimum atomic E-state index is -0.0490. The number of ether oxygens (including phenoxy) is 2. The molecule has 0 bridgehead atoms. The van der Waals surface area contributed by atoms with E-state index in [2.05, 4.69) is 15.5 Å². The Balaban J connectivity index is 2.09. The molecule has 1 aliphatic rings. The number of nitrogens with one attached hydrogen (secondary N) is 1. The lowest BCUT2D eigenvalue weighted by Crippen LogP contribution is -2.19. The van der Waals surface area contributed by atoms with Crippen LogP contribution in [0.3, 0.4) is 0 Å². The molecule has 1 fully saturated rings. The van der Waals surface area contributed by atoms with Crippen molar-refractivity contribution in [3.8, 4) is 11.5 Å². The van der Waals surface area contributed by atoms with Crippen molar-refractivity contribution in [1.82, 2.24) is 5.32 Å². The van der Waals surface area contributed by atoms with Crippen molar-refractivity contribution in [3.63, 3.8) is 0 Å². The van der Waals surface area contributed by atoms with Gasteiger partial charge in [-0.05, 0) is 30.7 Å². The van der Waals surface area contributed by atoms with Crippen molar-refractivity contribution in [1.29, 1.82) is 0 Å². The summed E-state index contributed by atoms with van der Waals surface area (Å²) < 4.78 is 10.7. The Kier molecular flexibility index (Phi) is 5.00. The molecule has 1 saturated heterocycles. The Bertz CT molecular complexity index is 558. The first-order chi connectivity index (χ1) is 9.72. The molecule has 1 aliphatic heterocycles. The maximum atomic E-state index is 11.0. The molecule has 0 atom stereocenters. The molecule has 0 spiro atoms. The first-order valence-electron chi connectivity index (χ1n) is 6.07. The van der Waals surface area contributed by atoms with Crippen LogP contribution in [-0.2, 0) is 4.79 Å². The van der Waals surface area contributed by atoms with Gasteiger partial charge in [0.25, 0.3) is 0 Å². The quantitative estimate of drug-likeness (QED) is 0.662. The van der Waals surface area contributed by atoms with E-state index in [1.165, 1.54) is 11.8 Å². The number of hydrogen-bond donors (Lipinski definition) is 1. The third-order valence-corrected chi connectivity index (χ3v) is 3.29. The lowest BCUT2D eigenvalue weighted by Gasteiger charge is -2.09. The summed E-state index contributed by atoms with van der Waals surface area (Å²) in [7, 11) is 1.59. The lowest BCUT2D eigenvalue weighted by atomic mass is 10.2. The van der Waals surface area contributed by atoms with Crippen molar-refractivity contribution in [2.75, 3.05) is 19.5 Å². The van der Waals surface area contributed by atoms with Crippen LogP contribution >= 0.6 is 11.8 Å². The number of amidine groups is 1. The van der Waals surface area contributed by atoms with Gasteiger partial charge in [-0.2, -0.15) is 5.10 Å². The SMILES string of the molecule is CCOc1cc(/C=N\N=C2\NC(=O)CS2)ccc1OC. The van der Waals surface area contributed by atoms with Crippen LogP contribution in [0.15, 0.2) is 28.4 Å². The van der Waals surface area contributed by atoms with Gasteiger partial charge in [0.15, 0.2) is 16.7 Å². The first-order valence-corrected chi connectivity index (χ1v) is 7.06. The van der Waals surface area contributed by atoms with E-state index in [1.807, 2.05) is 25.1 Å². The normalized spacial score (nSPS) is 16.7. The lowest BCUT2D eigenvalue weighted by molar-refractivity contribution is -0.116. The van der Waals surface area contributed by atoms with Gasteiger partial charge in [0.2, 0.25) is 5.91 Å². The molecular formula is C13H15N3O3S. The molecule has 0 aromatic heterocycles. The largest absolute Gasteiger partial charge is 0.493 e. The molecule has 1 heterocycles. The summed E-state index contributed by atoms with van der Waals surface area (Å²) in [5.74, 6) is 1.68. The van der Waals surface area contributed by atoms with Gasteiger partial charge in [-0.3, -0.25) is 4.79 Å². The van der Waals surface area contributed by atoms with Gasteiger partial charge in [0, 0.05) is 0 Å². The van der Waals surface area contributed by atoms with Crippen LogP contribution in [0, 0.1) is 0 Å². The topological polar surface area (TPSA) is 72.3 Å². The zero-order chi connectivity index (χ0) is 14.4. The van der Waals surface area contributed by atoms with E-state index in [9.17, 15) is 4.79 Å². The van der Waals surface area contributed by atoms with Crippen molar-refractivity contribution < 1.29 is 14.3 Å². The van der Waals surface area contributed by atoms with Gasteiger partial charge in [-0.1, -0.05) is 11.8 Å². The summed E-state index contributed by atoms with van der Waals surface area (Å²) >= 11 is 1.33. The number of benzene rings is 1. The fraction of sp³-hybridized carbons (Fsp3) is 0.308. The van der Waals surface area contributed by atoms with Crippen LogP contribution in [-0.4, -0.2) is 36.8 Å². The molecule has 2 rings (SSSR count). The van der Waals surface area contributed by atoms with E-state index in [0.717, 1.165) is 5.56 Å². The van der Waals surface area contributed by atoms with Gasteiger partial charge >= 0.3 is 0 Å². The van der Waals surface area contributed by atoms with Crippen LogP contribution in [0.25, 0.3) is 0 Å². The van der Waals surface area contributed by atoms with E-state index in [0.29, 0.717) is 29.0 Å².